The topological polar surface area (TPSA) is 117 Å². The molecule has 4 aromatic heterocycles. The van der Waals surface area contributed by atoms with Gasteiger partial charge in [-0.2, -0.15) is 10.2 Å². The van der Waals surface area contributed by atoms with Crippen LogP contribution in [0, 0.1) is 18.3 Å². The lowest BCUT2D eigenvalue weighted by Gasteiger charge is -2.23. The second-order valence-corrected chi connectivity index (χ2v) is 8.03. The standard InChI is InChI=1S/C21H18N8OS/c1-13-10-19(27-21-24-7-9-31-21)26-20(25-13)29-8-3-5-17(29)18-11-15(28-30-18)14-4-2-6-23-16(14)12-22/h2,4,6-7,9-11,17H,3,5,8H2,1H3,(H,24,25,26,27). The zero-order valence-corrected chi connectivity index (χ0v) is 17.5. The Morgan fingerprint density at radius 1 is 1.26 bits per heavy atom. The Bertz CT molecular complexity index is 1250. The highest BCUT2D eigenvalue weighted by molar-refractivity contribution is 7.13. The van der Waals surface area contributed by atoms with Gasteiger partial charge < -0.3 is 14.7 Å². The number of thiazole rings is 1. The first-order valence-electron chi connectivity index (χ1n) is 9.82. The molecule has 1 aliphatic heterocycles. The third-order valence-electron chi connectivity index (χ3n) is 5.07. The number of hydrogen-bond acceptors (Lipinski definition) is 10. The van der Waals surface area contributed by atoms with Crippen LogP contribution in [0.4, 0.5) is 16.9 Å². The van der Waals surface area contributed by atoms with Crippen molar-refractivity contribution in [3.63, 3.8) is 0 Å². The summed E-state index contributed by atoms with van der Waals surface area (Å²) in [5.74, 6) is 2.06. The molecule has 9 nitrogen and oxygen atoms in total. The van der Waals surface area contributed by atoms with Gasteiger partial charge in [-0.15, -0.1) is 11.3 Å². The Labute approximate surface area is 182 Å². The van der Waals surface area contributed by atoms with Crippen molar-refractivity contribution in [2.75, 3.05) is 16.8 Å². The quantitative estimate of drug-likeness (QED) is 0.496. The Morgan fingerprint density at radius 2 is 2.19 bits per heavy atom. The summed E-state index contributed by atoms with van der Waals surface area (Å²) in [5.41, 5.74) is 2.45. The SMILES string of the molecule is Cc1cc(Nc2nccs2)nc(N2CCCC2c2cc(-c3cccnc3C#N)no2)n1. The molecule has 154 valence electrons. The van der Waals surface area contributed by atoms with Crippen molar-refractivity contribution in [3.8, 4) is 17.3 Å². The molecule has 5 heterocycles. The molecule has 1 unspecified atom stereocenters. The van der Waals surface area contributed by atoms with Gasteiger partial charge in [0.2, 0.25) is 5.95 Å². The molecule has 1 fully saturated rings. The molecule has 1 saturated heterocycles. The van der Waals surface area contributed by atoms with Crippen LogP contribution in [0.3, 0.4) is 0 Å². The van der Waals surface area contributed by atoms with E-state index in [4.69, 9.17) is 9.51 Å². The van der Waals surface area contributed by atoms with Crippen LogP contribution in [0.25, 0.3) is 11.3 Å². The first-order chi connectivity index (χ1) is 15.2. The molecule has 1 aliphatic rings. The van der Waals surface area contributed by atoms with Gasteiger partial charge in [-0.3, -0.25) is 0 Å². The number of aromatic nitrogens is 5. The largest absolute Gasteiger partial charge is 0.359 e. The molecule has 0 bridgehead atoms. The van der Waals surface area contributed by atoms with E-state index in [1.807, 2.05) is 30.5 Å². The molecule has 1 N–H and O–H groups in total. The van der Waals surface area contributed by atoms with Gasteiger partial charge in [0.15, 0.2) is 10.9 Å². The van der Waals surface area contributed by atoms with Crippen LogP contribution in [0.15, 0.2) is 46.6 Å². The third kappa shape index (κ3) is 3.83. The monoisotopic (exact) mass is 430 g/mol. The number of rotatable bonds is 5. The van der Waals surface area contributed by atoms with Gasteiger partial charge in [-0.05, 0) is 31.9 Å². The summed E-state index contributed by atoms with van der Waals surface area (Å²) in [6.07, 6.45) is 5.23. The summed E-state index contributed by atoms with van der Waals surface area (Å²) in [4.78, 5) is 19.9. The lowest BCUT2D eigenvalue weighted by atomic mass is 10.1. The molecular weight excluding hydrogens is 412 g/mol. The van der Waals surface area contributed by atoms with Gasteiger partial charge in [0.05, 0.1) is 6.04 Å². The Balaban J connectivity index is 1.44. The lowest BCUT2D eigenvalue weighted by Crippen LogP contribution is -2.25. The van der Waals surface area contributed by atoms with E-state index in [1.54, 1.807) is 18.5 Å². The normalized spacial score (nSPS) is 15.7. The number of anilines is 3. The fourth-order valence-corrected chi connectivity index (χ4v) is 4.25. The Hall–Kier alpha value is -3.84. The molecule has 31 heavy (non-hydrogen) atoms. The van der Waals surface area contributed by atoms with E-state index in [2.05, 4.69) is 36.4 Å². The summed E-state index contributed by atoms with van der Waals surface area (Å²) >= 11 is 1.52. The average molecular weight is 430 g/mol. The van der Waals surface area contributed by atoms with Crippen LogP contribution in [0.2, 0.25) is 0 Å². The van der Waals surface area contributed by atoms with Crippen LogP contribution in [0.5, 0.6) is 0 Å². The van der Waals surface area contributed by atoms with Crippen LogP contribution < -0.4 is 10.2 Å². The molecule has 4 aromatic rings. The second-order valence-electron chi connectivity index (χ2n) is 7.13. The maximum Gasteiger partial charge on any atom is 0.228 e. The number of aryl methyl sites for hydroxylation is 1. The smallest absolute Gasteiger partial charge is 0.228 e. The van der Waals surface area contributed by atoms with Gasteiger partial charge in [0.25, 0.3) is 0 Å². The number of nitrogens with zero attached hydrogens (tertiary/aromatic N) is 7. The van der Waals surface area contributed by atoms with Crippen molar-refractivity contribution >= 4 is 28.2 Å². The summed E-state index contributed by atoms with van der Waals surface area (Å²) in [5, 5.41) is 19.5. The number of nitriles is 1. The molecule has 10 heteroatoms. The highest BCUT2D eigenvalue weighted by atomic mass is 32.1. The lowest BCUT2D eigenvalue weighted by molar-refractivity contribution is 0.362. The molecule has 1 atom stereocenters. The van der Waals surface area contributed by atoms with Gasteiger partial charge in [0, 0.05) is 47.7 Å². The van der Waals surface area contributed by atoms with E-state index in [0.29, 0.717) is 28.7 Å². The zero-order valence-electron chi connectivity index (χ0n) is 16.7. The van der Waals surface area contributed by atoms with Crippen LogP contribution >= 0.6 is 11.3 Å². The molecule has 0 aromatic carbocycles. The van der Waals surface area contributed by atoms with Gasteiger partial charge in [0.1, 0.15) is 23.3 Å². The van der Waals surface area contributed by atoms with Gasteiger partial charge in [-0.1, -0.05) is 5.16 Å². The van der Waals surface area contributed by atoms with Crippen LogP contribution in [0.1, 0.15) is 36.0 Å². The number of pyridine rings is 1. The van der Waals surface area contributed by atoms with E-state index in [9.17, 15) is 5.26 Å². The van der Waals surface area contributed by atoms with Crippen molar-refractivity contribution in [1.29, 1.82) is 5.26 Å². The first kappa shape index (κ1) is 19.1. The predicted octanol–water partition coefficient (Wildman–Crippen LogP) is 4.25. The summed E-state index contributed by atoms with van der Waals surface area (Å²) in [7, 11) is 0. The molecule has 0 spiro atoms. The van der Waals surface area contributed by atoms with Crippen molar-refractivity contribution < 1.29 is 4.52 Å². The first-order valence-corrected chi connectivity index (χ1v) is 10.7. The third-order valence-corrected chi connectivity index (χ3v) is 5.75. The second kappa shape index (κ2) is 8.12. The molecule has 0 radical (unpaired) electrons. The Morgan fingerprint density at radius 3 is 3.03 bits per heavy atom. The summed E-state index contributed by atoms with van der Waals surface area (Å²) in [6, 6.07) is 9.45. The van der Waals surface area contributed by atoms with E-state index in [-0.39, 0.29) is 6.04 Å². The van der Waals surface area contributed by atoms with Crippen molar-refractivity contribution in [3.05, 3.63) is 59.2 Å². The van der Waals surface area contributed by atoms with Gasteiger partial charge in [-0.25, -0.2) is 15.0 Å². The molecule has 0 aliphatic carbocycles. The maximum atomic E-state index is 9.33. The summed E-state index contributed by atoms with van der Waals surface area (Å²) < 4.78 is 5.69. The van der Waals surface area contributed by atoms with E-state index >= 15 is 0 Å². The highest BCUT2D eigenvalue weighted by Crippen LogP contribution is 2.37. The average Bonchev–Trinajstić information content (AvgIpc) is 3.54. The minimum atomic E-state index is -0.0297. The van der Waals surface area contributed by atoms with Crippen molar-refractivity contribution in [1.82, 2.24) is 25.1 Å². The van der Waals surface area contributed by atoms with Crippen LogP contribution in [-0.2, 0) is 0 Å². The van der Waals surface area contributed by atoms with Crippen molar-refractivity contribution in [2.45, 2.75) is 25.8 Å². The molecule has 5 rings (SSSR count). The Kier molecular flexibility index (Phi) is 5.01. The van der Waals surface area contributed by atoms with E-state index in [1.165, 1.54) is 11.3 Å². The fourth-order valence-electron chi connectivity index (χ4n) is 3.72. The van der Waals surface area contributed by atoms with Crippen molar-refractivity contribution in [2.24, 2.45) is 0 Å². The maximum absolute atomic E-state index is 9.33. The van der Waals surface area contributed by atoms with E-state index in [0.717, 1.165) is 36.0 Å². The molecule has 0 saturated carbocycles. The zero-order chi connectivity index (χ0) is 21.2. The number of nitrogens with one attached hydrogen (secondary N) is 1. The fraction of sp³-hybridized carbons (Fsp3) is 0.238. The predicted molar refractivity (Wildman–Crippen MR) is 116 cm³/mol. The number of hydrogen-bond donors (Lipinski definition) is 1. The van der Waals surface area contributed by atoms with Crippen LogP contribution in [-0.4, -0.2) is 31.6 Å². The van der Waals surface area contributed by atoms with E-state index < -0.39 is 0 Å². The summed E-state index contributed by atoms with van der Waals surface area (Å²) in [6.45, 7) is 2.76. The minimum absolute atomic E-state index is 0.0297. The molecular formula is C21H18N8OS. The highest BCUT2D eigenvalue weighted by Gasteiger charge is 2.32. The molecule has 0 amide bonds. The van der Waals surface area contributed by atoms with Gasteiger partial charge >= 0.3 is 0 Å². The minimum Gasteiger partial charge on any atom is -0.359 e.